The van der Waals surface area contributed by atoms with E-state index in [0.29, 0.717) is 17.4 Å². The highest BCUT2D eigenvalue weighted by Gasteiger charge is 2.28. The molecule has 0 fully saturated rings. The maximum absolute atomic E-state index is 13.0. The zero-order valence-corrected chi connectivity index (χ0v) is 53.8. The third-order valence-corrected chi connectivity index (χ3v) is 16.8. The van der Waals surface area contributed by atoms with Gasteiger partial charge in [0.2, 0.25) is 5.91 Å². The topological polar surface area (TPSA) is 105 Å². The van der Waals surface area contributed by atoms with E-state index in [9.17, 15) is 19.4 Å². The van der Waals surface area contributed by atoms with Crippen molar-refractivity contribution < 1.29 is 32.9 Å². The van der Waals surface area contributed by atoms with Gasteiger partial charge >= 0.3 is 7.82 Å². The van der Waals surface area contributed by atoms with Crippen LogP contribution in [0.2, 0.25) is 0 Å². The molecule has 0 spiro atoms. The molecule has 0 aliphatic rings. The minimum absolute atomic E-state index is 0.0630. The fraction of sp³-hybridized carbons (Fsp3) is 0.899. The van der Waals surface area contributed by atoms with Gasteiger partial charge in [0.1, 0.15) is 13.2 Å². The number of likely N-dealkylation sites (N-methyl/N-ethyl adjacent to an activating group) is 1. The van der Waals surface area contributed by atoms with E-state index in [1.54, 1.807) is 6.08 Å². The van der Waals surface area contributed by atoms with Crippen molar-refractivity contribution in [1.29, 1.82) is 0 Å². The minimum atomic E-state index is -4.35. The van der Waals surface area contributed by atoms with Gasteiger partial charge in [-0.25, -0.2) is 4.57 Å². The van der Waals surface area contributed by atoms with E-state index in [1.807, 2.05) is 27.2 Å². The highest BCUT2D eigenvalue weighted by molar-refractivity contribution is 7.47. The lowest BCUT2D eigenvalue weighted by atomic mass is 10.0. The average Bonchev–Trinajstić information content (AvgIpc) is 3.40. The lowest BCUT2D eigenvalue weighted by Gasteiger charge is -2.25. The van der Waals surface area contributed by atoms with Crippen LogP contribution in [0.5, 0.6) is 0 Å². The molecule has 0 bridgehead atoms. The third-order valence-electron chi connectivity index (χ3n) is 15.9. The van der Waals surface area contributed by atoms with E-state index in [0.717, 1.165) is 44.9 Å². The molecule has 1 amide bonds. The zero-order chi connectivity index (χ0) is 57.0. The summed E-state index contributed by atoms with van der Waals surface area (Å²) in [4.78, 5) is 23.4. The number of hydrogen-bond donors (Lipinski definition) is 3. The van der Waals surface area contributed by atoms with Crippen LogP contribution in [0.1, 0.15) is 348 Å². The number of amides is 1. The summed E-state index contributed by atoms with van der Waals surface area (Å²) in [6.45, 7) is 4.86. The molecule has 78 heavy (non-hydrogen) atoms. The van der Waals surface area contributed by atoms with E-state index in [4.69, 9.17) is 9.05 Å². The van der Waals surface area contributed by atoms with Gasteiger partial charge in [0.15, 0.2) is 0 Å². The fourth-order valence-corrected chi connectivity index (χ4v) is 11.2. The number of hydrogen-bond acceptors (Lipinski definition) is 5. The first kappa shape index (κ1) is 76.7. The first-order valence-corrected chi connectivity index (χ1v) is 35.9. The molecule has 462 valence electrons. The summed E-state index contributed by atoms with van der Waals surface area (Å²) < 4.78 is 23.8. The monoisotopic (exact) mass is 1120 g/mol. The van der Waals surface area contributed by atoms with Crippen molar-refractivity contribution in [1.82, 2.24) is 5.32 Å². The number of rotatable bonds is 64. The number of allylic oxidation sites excluding steroid dienone is 5. The Balaban J connectivity index is 3.93. The SMILES string of the molecule is CCCCCCCCCCCCCCCCC/C=C\C/C=C\CCCCCCCCCCCCCCCCCCCC(=O)NC(COP(=O)(O)OCC[N+](C)(C)C)C(O)/C=C/CCCCCCCCCCCCCCCCC. The number of unbranched alkanes of at least 4 members (excludes halogenated alkanes) is 47. The molecule has 0 aromatic rings. The quantitative estimate of drug-likeness (QED) is 0.0243. The predicted molar refractivity (Wildman–Crippen MR) is 341 cm³/mol. The molecule has 0 aromatic heterocycles. The van der Waals surface area contributed by atoms with Crippen LogP contribution >= 0.6 is 7.82 Å². The summed E-state index contributed by atoms with van der Waals surface area (Å²) in [5.74, 6) is -0.172. The number of aliphatic hydroxyl groups excluding tert-OH is 1. The number of nitrogens with one attached hydrogen (secondary N) is 1. The van der Waals surface area contributed by atoms with Gasteiger partial charge in [-0.3, -0.25) is 13.8 Å². The molecule has 0 rings (SSSR count). The molecular weight excluding hydrogens is 984 g/mol. The Bertz CT molecular complexity index is 1360. The van der Waals surface area contributed by atoms with Crippen LogP contribution < -0.4 is 5.32 Å². The Morgan fingerprint density at radius 2 is 0.731 bits per heavy atom. The number of carbonyl (C=O) groups is 1. The number of aliphatic hydroxyl groups is 1. The van der Waals surface area contributed by atoms with Crippen LogP contribution in [-0.4, -0.2) is 73.4 Å². The second-order valence-electron chi connectivity index (χ2n) is 24.9. The van der Waals surface area contributed by atoms with Crippen LogP contribution in [0.15, 0.2) is 36.5 Å². The normalized spacial score (nSPS) is 13.9. The van der Waals surface area contributed by atoms with Crippen molar-refractivity contribution >= 4 is 13.7 Å². The molecule has 9 heteroatoms. The van der Waals surface area contributed by atoms with Crippen LogP contribution in [0.3, 0.4) is 0 Å². The van der Waals surface area contributed by atoms with Gasteiger partial charge in [-0.05, 0) is 51.4 Å². The largest absolute Gasteiger partial charge is 0.472 e. The maximum Gasteiger partial charge on any atom is 0.472 e. The van der Waals surface area contributed by atoms with Gasteiger partial charge in [-0.15, -0.1) is 0 Å². The Kier molecular flexibility index (Phi) is 59.3. The molecule has 3 unspecified atom stereocenters. The molecule has 0 aliphatic heterocycles. The Morgan fingerprint density at radius 3 is 1.05 bits per heavy atom. The molecular formula is C69H136N2O6P+. The zero-order valence-electron chi connectivity index (χ0n) is 52.9. The predicted octanol–water partition coefficient (Wildman–Crippen LogP) is 21.7. The molecule has 0 radical (unpaired) electrons. The molecule has 3 atom stereocenters. The standard InChI is InChI=1S/C69H135N2O6P/c1-6-8-10-12-14-16-18-20-22-24-25-26-27-28-29-30-31-32-33-34-35-36-37-38-39-40-41-42-43-44-45-47-49-51-53-55-57-59-61-63-69(73)70-67(66-77-78(74,75)76-65-64-71(3,4)5)68(72)62-60-58-56-54-52-50-48-46-23-21-19-17-15-13-11-9-7-2/h31-32,34-35,60,62,67-68,72H,6-30,33,36-59,61,63-66H2,1-5H3,(H-,70,73,74,75)/p+1/b32-31-,35-34-,62-60+. The van der Waals surface area contributed by atoms with E-state index in [-0.39, 0.29) is 19.1 Å². The van der Waals surface area contributed by atoms with Gasteiger partial charge in [0.05, 0.1) is 39.9 Å². The van der Waals surface area contributed by atoms with Gasteiger partial charge in [0.25, 0.3) is 0 Å². The molecule has 0 heterocycles. The van der Waals surface area contributed by atoms with Crippen molar-refractivity contribution in [2.45, 2.75) is 360 Å². The first-order valence-electron chi connectivity index (χ1n) is 34.4. The van der Waals surface area contributed by atoms with Crippen molar-refractivity contribution in [3.05, 3.63) is 36.5 Å². The summed E-state index contributed by atoms with van der Waals surface area (Å²) in [6.07, 6.45) is 80.1. The van der Waals surface area contributed by atoms with E-state index in [1.165, 1.54) is 283 Å². The van der Waals surface area contributed by atoms with Crippen LogP contribution in [0.25, 0.3) is 0 Å². The molecule has 0 aromatic carbocycles. The van der Waals surface area contributed by atoms with Crippen molar-refractivity contribution in [2.24, 2.45) is 0 Å². The second-order valence-corrected chi connectivity index (χ2v) is 26.4. The van der Waals surface area contributed by atoms with Crippen LogP contribution in [-0.2, 0) is 18.4 Å². The van der Waals surface area contributed by atoms with Crippen molar-refractivity contribution in [3.8, 4) is 0 Å². The summed E-state index contributed by atoms with van der Waals surface area (Å²) in [6, 6.07) is -0.846. The molecule has 0 saturated heterocycles. The van der Waals surface area contributed by atoms with Gasteiger partial charge in [-0.1, -0.05) is 326 Å². The fourth-order valence-electron chi connectivity index (χ4n) is 10.5. The molecule has 0 saturated carbocycles. The lowest BCUT2D eigenvalue weighted by Crippen LogP contribution is -2.45. The molecule has 0 aliphatic carbocycles. The van der Waals surface area contributed by atoms with Crippen molar-refractivity contribution in [2.75, 3.05) is 40.9 Å². The highest BCUT2D eigenvalue weighted by atomic mass is 31.2. The summed E-state index contributed by atoms with van der Waals surface area (Å²) in [5, 5.41) is 14.0. The summed E-state index contributed by atoms with van der Waals surface area (Å²) >= 11 is 0. The first-order chi connectivity index (χ1) is 38.0. The maximum atomic E-state index is 13.0. The number of carbonyl (C=O) groups excluding carboxylic acids is 1. The minimum Gasteiger partial charge on any atom is -0.387 e. The Morgan fingerprint density at radius 1 is 0.436 bits per heavy atom. The number of nitrogens with zero attached hydrogens (tertiary/aromatic N) is 1. The lowest BCUT2D eigenvalue weighted by molar-refractivity contribution is -0.870. The number of quaternary nitrogens is 1. The van der Waals surface area contributed by atoms with Crippen LogP contribution in [0, 0.1) is 0 Å². The number of phosphoric acid groups is 1. The second kappa shape index (κ2) is 60.3. The third kappa shape index (κ3) is 62.3. The van der Waals surface area contributed by atoms with Gasteiger partial charge < -0.3 is 19.8 Å². The van der Waals surface area contributed by atoms with Crippen molar-refractivity contribution in [3.63, 3.8) is 0 Å². The Labute approximate surface area is 487 Å². The van der Waals surface area contributed by atoms with E-state index < -0.39 is 20.0 Å². The highest BCUT2D eigenvalue weighted by Crippen LogP contribution is 2.43. The summed E-state index contributed by atoms with van der Waals surface area (Å²) in [5.41, 5.74) is 0. The van der Waals surface area contributed by atoms with E-state index >= 15 is 0 Å². The smallest absolute Gasteiger partial charge is 0.387 e. The Hall–Kier alpha value is -1.28. The average molecular weight is 1120 g/mol. The van der Waals surface area contributed by atoms with Gasteiger partial charge in [-0.2, -0.15) is 0 Å². The van der Waals surface area contributed by atoms with E-state index in [2.05, 4.69) is 43.5 Å². The number of phosphoric ester groups is 1. The summed E-state index contributed by atoms with van der Waals surface area (Å²) in [7, 11) is 1.59. The van der Waals surface area contributed by atoms with Gasteiger partial charge in [0, 0.05) is 6.42 Å². The van der Waals surface area contributed by atoms with Crippen LogP contribution in [0.4, 0.5) is 0 Å². The molecule has 3 N–H and O–H groups in total. The molecule has 8 nitrogen and oxygen atoms in total.